The first-order valence-corrected chi connectivity index (χ1v) is 10.7. The van der Waals surface area contributed by atoms with E-state index in [1.807, 2.05) is 7.05 Å². The lowest BCUT2D eigenvalue weighted by Gasteiger charge is -2.50. The average molecular weight is 366 g/mol. The molecule has 0 spiro atoms. The van der Waals surface area contributed by atoms with Gasteiger partial charge >= 0.3 is 0 Å². The van der Waals surface area contributed by atoms with Crippen LogP contribution in [0.3, 0.4) is 0 Å². The van der Waals surface area contributed by atoms with Gasteiger partial charge in [0.15, 0.2) is 5.96 Å². The molecule has 0 saturated carbocycles. The van der Waals surface area contributed by atoms with E-state index >= 15 is 0 Å². The molecule has 2 N–H and O–H groups in total. The van der Waals surface area contributed by atoms with Crippen LogP contribution in [0.4, 0.5) is 0 Å². The number of hydrogen-bond acceptors (Lipinski definition) is 4. The number of guanidine groups is 1. The van der Waals surface area contributed by atoms with Gasteiger partial charge in [0.2, 0.25) is 0 Å². The third kappa shape index (κ3) is 5.33. The van der Waals surface area contributed by atoms with Crippen LogP contribution in [0.5, 0.6) is 0 Å². The predicted molar refractivity (Wildman–Crippen MR) is 108 cm³/mol. The summed E-state index contributed by atoms with van der Waals surface area (Å²) < 4.78 is 5.47. The third-order valence-electron chi connectivity index (χ3n) is 6.65. The van der Waals surface area contributed by atoms with E-state index in [0.717, 1.165) is 45.1 Å². The van der Waals surface area contributed by atoms with Crippen molar-refractivity contribution < 1.29 is 4.74 Å². The quantitative estimate of drug-likeness (QED) is 0.572. The topological polar surface area (TPSA) is 52.1 Å². The Labute approximate surface area is 159 Å². The molecule has 0 amide bonds. The Bertz CT molecular complexity index is 435. The number of rotatable bonds is 5. The molecule has 3 heterocycles. The number of piperidine rings is 2. The molecular weight excluding hydrogens is 326 g/mol. The SMILES string of the molecule is CN=C(NCC1CCOCC1)NCC1(N2CCCCC2)CCN(C)CC1. The van der Waals surface area contributed by atoms with E-state index in [9.17, 15) is 0 Å². The molecule has 6 heteroatoms. The monoisotopic (exact) mass is 365 g/mol. The van der Waals surface area contributed by atoms with E-state index in [1.165, 1.54) is 58.3 Å². The van der Waals surface area contributed by atoms with Crippen LogP contribution in [-0.2, 0) is 4.74 Å². The van der Waals surface area contributed by atoms with Crippen molar-refractivity contribution in [3.05, 3.63) is 0 Å². The molecule has 0 bridgehead atoms. The second-order valence-corrected chi connectivity index (χ2v) is 8.44. The lowest BCUT2D eigenvalue weighted by molar-refractivity contribution is 0.0173. The van der Waals surface area contributed by atoms with Crippen molar-refractivity contribution in [2.75, 3.05) is 66.6 Å². The van der Waals surface area contributed by atoms with Gasteiger partial charge in [0, 0.05) is 38.9 Å². The minimum absolute atomic E-state index is 0.295. The molecule has 3 rings (SSSR count). The highest BCUT2D eigenvalue weighted by molar-refractivity contribution is 5.79. The molecule has 26 heavy (non-hydrogen) atoms. The number of hydrogen-bond donors (Lipinski definition) is 2. The Kier molecular flexibility index (Phi) is 7.58. The molecule has 0 aromatic rings. The highest BCUT2D eigenvalue weighted by Crippen LogP contribution is 2.30. The number of aliphatic imine (C=N–C) groups is 1. The lowest BCUT2D eigenvalue weighted by Crippen LogP contribution is -2.62. The molecule has 0 aromatic carbocycles. The Morgan fingerprint density at radius 1 is 1.04 bits per heavy atom. The molecule has 6 nitrogen and oxygen atoms in total. The zero-order valence-electron chi connectivity index (χ0n) is 16.9. The van der Waals surface area contributed by atoms with Crippen LogP contribution in [0, 0.1) is 5.92 Å². The molecule has 3 saturated heterocycles. The van der Waals surface area contributed by atoms with Gasteiger partial charge in [-0.1, -0.05) is 6.42 Å². The van der Waals surface area contributed by atoms with Gasteiger partial charge in [-0.2, -0.15) is 0 Å². The van der Waals surface area contributed by atoms with Crippen LogP contribution in [0.2, 0.25) is 0 Å². The largest absolute Gasteiger partial charge is 0.381 e. The van der Waals surface area contributed by atoms with Crippen LogP contribution < -0.4 is 10.6 Å². The molecule has 3 aliphatic heterocycles. The zero-order valence-corrected chi connectivity index (χ0v) is 16.9. The van der Waals surface area contributed by atoms with E-state index in [0.29, 0.717) is 11.5 Å². The fraction of sp³-hybridized carbons (Fsp3) is 0.950. The average Bonchev–Trinajstić information content (AvgIpc) is 2.71. The summed E-state index contributed by atoms with van der Waals surface area (Å²) in [7, 11) is 4.14. The summed E-state index contributed by atoms with van der Waals surface area (Å²) in [6, 6.07) is 0. The minimum atomic E-state index is 0.295. The Balaban J connectivity index is 1.53. The Morgan fingerprint density at radius 3 is 2.38 bits per heavy atom. The van der Waals surface area contributed by atoms with Gasteiger partial charge in [0.05, 0.1) is 0 Å². The molecule has 0 atom stereocenters. The summed E-state index contributed by atoms with van der Waals surface area (Å²) in [5.41, 5.74) is 0.295. The van der Waals surface area contributed by atoms with E-state index in [1.54, 1.807) is 0 Å². The maximum absolute atomic E-state index is 5.47. The number of nitrogens with zero attached hydrogens (tertiary/aromatic N) is 3. The van der Waals surface area contributed by atoms with Crippen molar-refractivity contribution in [3.8, 4) is 0 Å². The molecule has 3 aliphatic rings. The fourth-order valence-electron chi connectivity index (χ4n) is 4.67. The Hall–Kier alpha value is -0.850. The molecular formula is C20H39N5O. The van der Waals surface area contributed by atoms with Gasteiger partial charge in [-0.25, -0.2) is 0 Å². The van der Waals surface area contributed by atoms with E-state index in [-0.39, 0.29) is 0 Å². The van der Waals surface area contributed by atoms with Crippen molar-refractivity contribution in [2.24, 2.45) is 10.9 Å². The summed E-state index contributed by atoms with van der Waals surface area (Å²) in [6.45, 7) is 8.75. The second-order valence-electron chi connectivity index (χ2n) is 8.44. The second kappa shape index (κ2) is 9.90. The van der Waals surface area contributed by atoms with Gasteiger partial charge in [-0.05, 0) is 77.7 Å². The van der Waals surface area contributed by atoms with Crippen molar-refractivity contribution >= 4 is 5.96 Å². The van der Waals surface area contributed by atoms with Crippen LogP contribution in [0.1, 0.15) is 44.9 Å². The summed E-state index contributed by atoms with van der Waals surface area (Å²) in [4.78, 5) is 9.73. The first-order valence-electron chi connectivity index (χ1n) is 10.7. The summed E-state index contributed by atoms with van der Waals surface area (Å²) in [5.74, 6) is 1.67. The molecule has 0 aromatic heterocycles. The highest BCUT2D eigenvalue weighted by atomic mass is 16.5. The van der Waals surface area contributed by atoms with Crippen molar-refractivity contribution in [2.45, 2.75) is 50.5 Å². The standard InChI is InChI=1S/C20H39N5O/c1-21-19(22-16-18-6-14-26-15-7-18)23-17-20(8-12-24(2)13-9-20)25-10-4-3-5-11-25/h18H,3-17H2,1-2H3,(H2,21,22,23). The molecule has 150 valence electrons. The normalized spacial score (nSPS) is 26.6. The van der Waals surface area contributed by atoms with Crippen LogP contribution in [-0.4, -0.2) is 87.9 Å². The summed E-state index contributed by atoms with van der Waals surface area (Å²) in [6.07, 6.45) is 8.94. The van der Waals surface area contributed by atoms with Gasteiger partial charge in [0.1, 0.15) is 0 Å². The Morgan fingerprint density at radius 2 is 1.73 bits per heavy atom. The van der Waals surface area contributed by atoms with Gasteiger partial charge in [-0.3, -0.25) is 9.89 Å². The lowest BCUT2D eigenvalue weighted by atomic mass is 9.84. The van der Waals surface area contributed by atoms with Gasteiger partial charge in [-0.15, -0.1) is 0 Å². The zero-order chi connectivity index (χ0) is 18.2. The number of nitrogens with one attached hydrogen (secondary N) is 2. The van der Waals surface area contributed by atoms with Crippen molar-refractivity contribution in [1.29, 1.82) is 0 Å². The first kappa shape index (κ1) is 19.9. The maximum atomic E-state index is 5.47. The number of likely N-dealkylation sites (tertiary alicyclic amines) is 2. The molecule has 0 aliphatic carbocycles. The van der Waals surface area contributed by atoms with Crippen LogP contribution in [0.15, 0.2) is 4.99 Å². The highest BCUT2D eigenvalue weighted by Gasteiger charge is 2.39. The molecule has 0 radical (unpaired) electrons. The van der Waals surface area contributed by atoms with Crippen LogP contribution >= 0.6 is 0 Å². The minimum Gasteiger partial charge on any atom is -0.381 e. The van der Waals surface area contributed by atoms with Gasteiger partial charge < -0.3 is 20.3 Å². The van der Waals surface area contributed by atoms with Crippen LogP contribution in [0.25, 0.3) is 0 Å². The molecule has 0 unspecified atom stereocenters. The fourth-order valence-corrected chi connectivity index (χ4v) is 4.67. The number of ether oxygens (including phenoxy) is 1. The smallest absolute Gasteiger partial charge is 0.191 e. The summed E-state index contributed by atoms with van der Waals surface area (Å²) >= 11 is 0. The van der Waals surface area contributed by atoms with Crippen molar-refractivity contribution in [1.82, 2.24) is 20.4 Å². The summed E-state index contributed by atoms with van der Waals surface area (Å²) in [5, 5.41) is 7.24. The third-order valence-corrected chi connectivity index (χ3v) is 6.65. The van der Waals surface area contributed by atoms with Gasteiger partial charge in [0.25, 0.3) is 0 Å². The maximum Gasteiger partial charge on any atom is 0.191 e. The van der Waals surface area contributed by atoms with E-state index in [4.69, 9.17) is 4.74 Å². The first-order chi connectivity index (χ1) is 12.7. The molecule has 3 fully saturated rings. The van der Waals surface area contributed by atoms with E-state index in [2.05, 4.69) is 32.5 Å². The van der Waals surface area contributed by atoms with Crippen molar-refractivity contribution in [3.63, 3.8) is 0 Å². The van der Waals surface area contributed by atoms with E-state index < -0.39 is 0 Å². The predicted octanol–water partition coefficient (Wildman–Crippen LogP) is 1.53.